The van der Waals surface area contributed by atoms with E-state index < -0.39 is 0 Å². The van der Waals surface area contributed by atoms with Crippen LogP contribution in [0.3, 0.4) is 0 Å². The predicted octanol–water partition coefficient (Wildman–Crippen LogP) is 1.97. The van der Waals surface area contributed by atoms with Crippen molar-refractivity contribution in [3.05, 3.63) is 12.2 Å². The van der Waals surface area contributed by atoms with Gasteiger partial charge >= 0.3 is 0 Å². The first-order chi connectivity index (χ1) is 5.08. The van der Waals surface area contributed by atoms with E-state index in [4.69, 9.17) is 0 Å². The molecule has 0 radical (unpaired) electrons. The fourth-order valence-electron chi connectivity index (χ4n) is 2.64. The van der Waals surface area contributed by atoms with Crippen LogP contribution in [0.4, 0.5) is 0 Å². The van der Waals surface area contributed by atoms with E-state index in [9.17, 15) is 5.11 Å². The van der Waals surface area contributed by atoms with Crippen molar-refractivity contribution in [3.63, 3.8) is 0 Å². The van der Waals surface area contributed by atoms with E-state index in [0.29, 0.717) is 17.3 Å². The summed E-state index contributed by atoms with van der Waals surface area (Å²) in [5.41, 5.74) is 1.55. The minimum absolute atomic E-state index is 0.198. The van der Waals surface area contributed by atoms with Gasteiger partial charge in [0.2, 0.25) is 0 Å². The fourth-order valence-corrected chi connectivity index (χ4v) is 2.64. The lowest BCUT2D eigenvalue weighted by molar-refractivity contribution is 0.176. The second kappa shape index (κ2) is 1.89. The summed E-state index contributed by atoms with van der Waals surface area (Å²) in [6, 6.07) is 0. The number of aliphatic hydroxyl groups excluding tert-OH is 1. The molecule has 0 aromatic carbocycles. The maximum atomic E-state index is 9.51. The number of rotatable bonds is 1. The van der Waals surface area contributed by atoms with Gasteiger partial charge in [0.1, 0.15) is 0 Å². The van der Waals surface area contributed by atoms with E-state index in [0.717, 1.165) is 12.0 Å². The van der Waals surface area contributed by atoms with Gasteiger partial charge in [-0.15, -0.1) is 0 Å². The molecule has 0 aliphatic heterocycles. The van der Waals surface area contributed by atoms with Crippen LogP contribution in [0.5, 0.6) is 0 Å². The highest BCUT2D eigenvalue weighted by Gasteiger charge is 2.63. The Morgan fingerprint density at radius 2 is 2.18 bits per heavy atom. The van der Waals surface area contributed by atoms with Crippen molar-refractivity contribution in [2.24, 2.45) is 17.3 Å². The Hall–Kier alpha value is -0.300. The third kappa shape index (κ3) is 0.750. The molecule has 0 heterocycles. The molecule has 2 rings (SSSR count). The molecule has 0 aromatic heterocycles. The van der Waals surface area contributed by atoms with Gasteiger partial charge in [-0.2, -0.15) is 0 Å². The van der Waals surface area contributed by atoms with Gasteiger partial charge in [-0.3, -0.25) is 0 Å². The van der Waals surface area contributed by atoms with Gasteiger partial charge in [0.15, 0.2) is 0 Å². The molecule has 1 N–H and O–H groups in total. The van der Waals surface area contributed by atoms with E-state index >= 15 is 0 Å². The molecule has 11 heavy (non-hydrogen) atoms. The molecule has 2 fully saturated rings. The lowest BCUT2D eigenvalue weighted by atomic mass is 9.89. The zero-order valence-corrected chi connectivity index (χ0v) is 7.30. The van der Waals surface area contributed by atoms with E-state index in [1.54, 1.807) is 0 Å². The molecule has 3 atom stereocenters. The second-order valence-electron chi connectivity index (χ2n) is 4.44. The summed E-state index contributed by atoms with van der Waals surface area (Å²) in [4.78, 5) is 0. The Balaban J connectivity index is 2.20. The lowest BCUT2D eigenvalue weighted by Gasteiger charge is -2.16. The van der Waals surface area contributed by atoms with Gasteiger partial charge in [-0.1, -0.05) is 20.4 Å². The predicted molar refractivity (Wildman–Crippen MR) is 45.1 cm³/mol. The molecule has 0 saturated heterocycles. The minimum Gasteiger partial charge on any atom is -0.389 e. The Bertz CT molecular complexity index is 207. The van der Waals surface area contributed by atoms with Crippen molar-refractivity contribution in [1.29, 1.82) is 0 Å². The maximum Gasteiger partial charge on any atom is 0.0756 e. The van der Waals surface area contributed by atoms with Crippen LogP contribution in [0.2, 0.25) is 0 Å². The van der Waals surface area contributed by atoms with Gasteiger partial charge in [0, 0.05) is 0 Å². The van der Waals surface area contributed by atoms with Crippen LogP contribution < -0.4 is 0 Å². The Kier molecular flexibility index (Phi) is 1.26. The molecule has 1 unspecified atom stereocenters. The largest absolute Gasteiger partial charge is 0.389 e. The van der Waals surface area contributed by atoms with Gasteiger partial charge < -0.3 is 5.11 Å². The smallest absolute Gasteiger partial charge is 0.0756 e. The van der Waals surface area contributed by atoms with Crippen LogP contribution in [0.25, 0.3) is 0 Å². The summed E-state index contributed by atoms with van der Waals surface area (Å²) in [6.07, 6.45) is 2.05. The molecule has 2 aliphatic carbocycles. The highest BCUT2D eigenvalue weighted by Crippen LogP contribution is 2.69. The van der Waals surface area contributed by atoms with Crippen LogP contribution in [0.15, 0.2) is 12.2 Å². The summed E-state index contributed by atoms with van der Waals surface area (Å²) in [5, 5.41) is 9.51. The zero-order valence-electron chi connectivity index (χ0n) is 7.30. The number of hydrogen-bond donors (Lipinski definition) is 1. The quantitative estimate of drug-likeness (QED) is 0.569. The Labute approximate surface area is 68.1 Å². The molecular weight excluding hydrogens is 136 g/mol. The molecule has 0 aromatic rings. The third-order valence-electron chi connectivity index (χ3n) is 3.72. The normalized spacial score (nSPS) is 48.2. The monoisotopic (exact) mass is 152 g/mol. The lowest BCUT2D eigenvalue weighted by Crippen LogP contribution is -2.12. The van der Waals surface area contributed by atoms with Crippen LogP contribution in [0, 0.1) is 17.3 Å². The first-order valence-electron chi connectivity index (χ1n) is 4.44. The zero-order chi connectivity index (χ0) is 8.22. The summed E-state index contributed by atoms with van der Waals surface area (Å²) in [5.74, 6) is 1.36. The summed E-state index contributed by atoms with van der Waals surface area (Å²) >= 11 is 0. The molecule has 2 aliphatic rings. The number of fused-ring (bicyclic) bond motifs is 1. The summed E-state index contributed by atoms with van der Waals surface area (Å²) < 4.78 is 0. The van der Waals surface area contributed by atoms with Crippen LogP contribution in [0.1, 0.15) is 26.7 Å². The first kappa shape index (κ1) is 7.35. The number of aliphatic hydroxyl groups is 1. The standard InChI is InChI=1S/C10H16O/c1-6(2)10-4-8(10)7(3)9(11)5-10/h6,8-9,11H,3-5H2,1-2H3/t8-,9?,10+/m1/s1. The van der Waals surface area contributed by atoms with Gasteiger partial charge in [-0.05, 0) is 35.7 Å². The molecular formula is C10H16O. The topological polar surface area (TPSA) is 20.2 Å². The van der Waals surface area contributed by atoms with Crippen LogP contribution >= 0.6 is 0 Å². The van der Waals surface area contributed by atoms with Crippen molar-refractivity contribution in [2.45, 2.75) is 32.8 Å². The average Bonchev–Trinajstić information content (AvgIpc) is 2.57. The van der Waals surface area contributed by atoms with Crippen molar-refractivity contribution in [1.82, 2.24) is 0 Å². The molecule has 2 saturated carbocycles. The van der Waals surface area contributed by atoms with Crippen molar-refractivity contribution in [2.75, 3.05) is 0 Å². The Morgan fingerprint density at radius 3 is 2.45 bits per heavy atom. The highest BCUT2D eigenvalue weighted by atomic mass is 16.3. The number of hydrogen-bond acceptors (Lipinski definition) is 1. The SMILES string of the molecule is C=C1C(O)C[C@]2(C(C)C)C[C@H]12. The molecule has 0 spiro atoms. The minimum atomic E-state index is -0.198. The van der Waals surface area contributed by atoms with Gasteiger partial charge in [0.05, 0.1) is 6.10 Å². The first-order valence-corrected chi connectivity index (χ1v) is 4.44. The van der Waals surface area contributed by atoms with Crippen molar-refractivity contribution < 1.29 is 5.11 Å². The molecule has 1 nitrogen and oxygen atoms in total. The van der Waals surface area contributed by atoms with E-state index in [1.165, 1.54) is 6.42 Å². The van der Waals surface area contributed by atoms with Crippen LogP contribution in [-0.2, 0) is 0 Å². The molecule has 0 bridgehead atoms. The third-order valence-corrected chi connectivity index (χ3v) is 3.72. The molecule has 1 heteroatoms. The molecule has 0 amide bonds. The average molecular weight is 152 g/mol. The van der Waals surface area contributed by atoms with Crippen molar-refractivity contribution in [3.8, 4) is 0 Å². The Morgan fingerprint density at radius 1 is 1.55 bits per heavy atom. The van der Waals surface area contributed by atoms with Crippen molar-refractivity contribution >= 4 is 0 Å². The summed E-state index contributed by atoms with van der Waals surface area (Å²) in [7, 11) is 0. The van der Waals surface area contributed by atoms with E-state index in [1.807, 2.05) is 0 Å². The summed E-state index contributed by atoms with van der Waals surface area (Å²) in [6.45, 7) is 8.45. The fraction of sp³-hybridized carbons (Fsp3) is 0.800. The van der Waals surface area contributed by atoms with Gasteiger partial charge in [0.25, 0.3) is 0 Å². The second-order valence-corrected chi connectivity index (χ2v) is 4.44. The van der Waals surface area contributed by atoms with Crippen LogP contribution in [-0.4, -0.2) is 11.2 Å². The van der Waals surface area contributed by atoms with E-state index in [2.05, 4.69) is 20.4 Å². The van der Waals surface area contributed by atoms with E-state index in [-0.39, 0.29) is 6.10 Å². The maximum absolute atomic E-state index is 9.51. The molecule has 62 valence electrons. The highest BCUT2D eigenvalue weighted by molar-refractivity contribution is 5.30. The van der Waals surface area contributed by atoms with Gasteiger partial charge in [-0.25, -0.2) is 0 Å².